The zero-order valence-electron chi connectivity index (χ0n) is 17.3. The molecule has 0 radical (unpaired) electrons. The van der Waals surface area contributed by atoms with Crippen LogP contribution in [0.3, 0.4) is 0 Å². The molecule has 0 fully saturated rings. The average molecular weight is 426 g/mol. The summed E-state index contributed by atoms with van der Waals surface area (Å²) in [4.78, 5) is 25.2. The van der Waals surface area contributed by atoms with E-state index in [1.54, 1.807) is 48.5 Å². The van der Waals surface area contributed by atoms with E-state index in [1.807, 2.05) is 42.5 Å². The van der Waals surface area contributed by atoms with Crippen LogP contribution in [0, 0.1) is 11.3 Å². The Morgan fingerprint density at radius 3 is 2.34 bits per heavy atom. The fourth-order valence-corrected chi connectivity index (χ4v) is 3.00. The molecule has 3 rings (SSSR count). The second-order valence-corrected chi connectivity index (χ2v) is 6.78. The highest BCUT2D eigenvalue weighted by atomic mass is 16.5. The number of benzene rings is 3. The van der Waals surface area contributed by atoms with Gasteiger partial charge in [0.15, 0.2) is 6.61 Å². The molecule has 2 N–H and O–H groups in total. The molecule has 0 aliphatic heterocycles. The Balaban J connectivity index is 1.66. The van der Waals surface area contributed by atoms with Gasteiger partial charge in [0.2, 0.25) is 5.91 Å². The van der Waals surface area contributed by atoms with Crippen LogP contribution in [0.15, 0.2) is 90.0 Å². The summed E-state index contributed by atoms with van der Waals surface area (Å²) in [5.41, 5.74) is 4.44. The van der Waals surface area contributed by atoms with Crippen LogP contribution in [-0.4, -0.2) is 24.6 Å². The van der Waals surface area contributed by atoms with Crippen LogP contribution in [0.2, 0.25) is 0 Å². The Morgan fingerprint density at radius 2 is 1.62 bits per heavy atom. The van der Waals surface area contributed by atoms with Gasteiger partial charge in [-0.05, 0) is 29.8 Å². The van der Waals surface area contributed by atoms with Gasteiger partial charge < -0.3 is 10.1 Å². The molecule has 0 aromatic heterocycles. The molecule has 1 atom stereocenters. The number of amides is 2. The molecule has 7 nitrogen and oxygen atoms in total. The molecule has 0 unspecified atom stereocenters. The molecule has 7 heteroatoms. The van der Waals surface area contributed by atoms with E-state index in [0.717, 1.165) is 5.56 Å². The summed E-state index contributed by atoms with van der Waals surface area (Å²) in [6.07, 6.45) is 1.46. The molecule has 0 heterocycles. The van der Waals surface area contributed by atoms with Gasteiger partial charge in [0, 0.05) is 11.1 Å². The second kappa shape index (κ2) is 11.7. The topological polar surface area (TPSA) is 104 Å². The van der Waals surface area contributed by atoms with Gasteiger partial charge in [0.1, 0.15) is 11.8 Å². The van der Waals surface area contributed by atoms with Gasteiger partial charge in [-0.3, -0.25) is 9.59 Å². The van der Waals surface area contributed by atoms with E-state index in [1.165, 1.54) is 6.21 Å². The molecule has 0 saturated carbocycles. The van der Waals surface area contributed by atoms with E-state index in [2.05, 4.69) is 15.8 Å². The Bertz CT molecular complexity index is 1110. The maximum atomic E-state index is 12.6. The highest BCUT2D eigenvalue weighted by Gasteiger charge is 2.19. The van der Waals surface area contributed by atoms with Crippen molar-refractivity contribution in [2.75, 3.05) is 6.61 Å². The lowest BCUT2D eigenvalue weighted by molar-refractivity contribution is -0.121. The molecule has 0 saturated heterocycles. The first-order valence-corrected chi connectivity index (χ1v) is 9.99. The van der Waals surface area contributed by atoms with Crippen molar-refractivity contribution >= 4 is 18.0 Å². The van der Waals surface area contributed by atoms with Gasteiger partial charge in [-0.1, -0.05) is 60.7 Å². The SMILES string of the molecule is N#CCOc1ccccc1/C=N\NC(=O)C[C@H](NC(=O)c1ccccc1)c1ccccc1. The minimum Gasteiger partial charge on any atom is -0.478 e. The highest BCUT2D eigenvalue weighted by Crippen LogP contribution is 2.18. The first kappa shape index (κ1) is 22.2. The van der Waals surface area contributed by atoms with E-state index in [9.17, 15) is 9.59 Å². The van der Waals surface area contributed by atoms with Crippen molar-refractivity contribution < 1.29 is 14.3 Å². The van der Waals surface area contributed by atoms with Crippen LogP contribution in [0.4, 0.5) is 0 Å². The van der Waals surface area contributed by atoms with Crippen molar-refractivity contribution in [1.29, 1.82) is 5.26 Å². The van der Waals surface area contributed by atoms with Crippen molar-refractivity contribution in [3.63, 3.8) is 0 Å². The Kier molecular flexibility index (Phi) is 8.11. The lowest BCUT2D eigenvalue weighted by Gasteiger charge is -2.18. The van der Waals surface area contributed by atoms with E-state index in [0.29, 0.717) is 16.9 Å². The molecule has 0 aliphatic rings. The fourth-order valence-electron chi connectivity index (χ4n) is 3.00. The van der Waals surface area contributed by atoms with Crippen LogP contribution in [0.5, 0.6) is 5.75 Å². The quantitative estimate of drug-likeness (QED) is 0.403. The van der Waals surface area contributed by atoms with E-state index in [4.69, 9.17) is 10.00 Å². The molecule has 32 heavy (non-hydrogen) atoms. The molecular weight excluding hydrogens is 404 g/mol. The van der Waals surface area contributed by atoms with Crippen molar-refractivity contribution in [3.05, 3.63) is 102 Å². The van der Waals surface area contributed by atoms with Crippen molar-refractivity contribution in [2.45, 2.75) is 12.5 Å². The number of carbonyl (C=O) groups excluding carboxylic acids is 2. The zero-order valence-corrected chi connectivity index (χ0v) is 17.3. The third kappa shape index (κ3) is 6.54. The average Bonchev–Trinajstić information content (AvgIpc) is 2.84. The minimum atomic E-state index is -0.523. The maximum Gasteiger partial charge on any atom is 0.251 e. The number of nitriles is 1. The molecular formula is C25H22N4O3. The van der Waals surface area contributed by atoms with Crippen molar-refractivity contribution in [2.24, 2.45) is 5.10 Å². The number of nitrogens with zero attached hydrogens (tertiary/aromatic N) is 2. The summed E-state index contributed by atoms with van der Waals surface area (Å²) < 4.78 is 5.34. The zero-order chi connectivity index (χ0) is 22.6. The smallest absolute Gasteiger partial charge is 0.251 e. The van der Waals surface area contributed by atoms with E-state index >= 15 is 0 Å². The lowest BCUT2D eigenvalue weighted by Crippen LogP contribution is -2.32. The maximum absolute atomic E-state index is 12.6. The number of hydrogen-bond acceptors (Lipinski definition) is 5. The number of ether oxygens (including phenoxy) is 1. The van der Waals surface area contributed by atoms with Gasteiger partial charge in [-0.2, -0.15) is 10.4 Å². The van der Waals surface area contributed by atoms with E-state index in [-0.39, 0.29) is 24.8 Å². The minimum absolute atomic E-state index is 0.00645. The molecule has 160 valence electrons. The second-order valence-electron chi connectivity index (χ2n) is 6.78. The number of para-hydroxylation sites is 1. The molecule has 0 aliphatic carbocycles. The van der Waals surface area contributed by atoms with Crippen molar-refractivity contribution in [3.8, 4) is 11.8 Å². The normalized spacial score (nSPS) is 11.3. The van der Waals surface area contributed by atoms with Crippen LogP contribution in [-0.2, 0) is 4.79 Å². The molecule has 0 bridgehead atoms. The molecule has 3 aromatic rings. The lowest BCUT2D eigenvalue weighted by atomic mass is 10.0. The summed E-state index contributed by atoms with van der Waals surface area (Å²) in [6.45, 7) is -0.0862. The summed E-state index contributed by atoms with van der Waals surface area (Å²) in [5, 5.41) is 15.6. The van der Waals surface area contributed by atoms with Gasteiger partial charge in [-0.25, -0.2) is 5.43 Å². The Labute approximate surface area is 186 Å². The van der Waals surface area contributed by atoms with Crippen LogP contribution in [0.25, 0.3) is 0 Å². The predicted octanol–water partition coefficient (Wildman–Crippen LogP) is 3.60. The fraction of sp³-hybridized carbons (Fsp3) is 0.120. The first-order chi connectivity index (χ1) is 15.7. The summed E-state index contributed by atoms with van der Waals surface area (Å²) in [5.74, 6) is -0.137. The molecule has 3 aromatic carbocycles. The summed E-state index contributed by atoms with van der Waals surface area (Å²) in [6, 6.07) is 26.6. The number of rotatable bonds is 9. The monoisotopic (exact) mass is 426 g/mol. The molecule has 0 spiro atoms. The number of hydrazone groups is 1. The standard InChI is InChI=1S/C25H22N4O3/c26-15-16-32-23-14-8-7-13-21(23)18-27-29-24(30)17-22(19-9-3-1-4-10-19)28-25(31)20-11-5-2-6-12-20/h1-14,18,22H,16-17H2,(H,28,31)(H,29,30)/b27-18-/t22-/m0/s1. The first-order valence-electron chi connectivity index (χ1n) is 9.99. The molecule has 2 amide bonds. The van der Waals surface area contributed by atoms with Gasteiger partial charge in [0.05, 0.1) is 18.7 Å². The predicted molar refractivity (Wildman–Crippen MR) is 121 cm³/mol. The largest absolute Gasteiger partial charge is 0.478 e. The summed E-state index contributed by atoms with van der Waals surface area (Å²) in [7, 11) is 0. The number of hydrogen-bond donors (Lipinski definition) is 2. The van der Waals surface area contributed by atoms with E-state index < -0.39 is 6.04 Å². The third-order valence-electron chi connectivity index (χ3n) is 4.54. The van der Waals surface area contributed by atoms with Gasteiger partial charge in [0.25, 0.3) is 5.91 Å². The Hall–Kier alpha value is -4.44. The third-order valence-corrected chi connectivity index (χ3v) is 4.54. The van der Waals surface area contributed by atoms with Gasteiger partial charge >= 0.3 is 0 Å². The highest BCUT2D eigenvalue weighted by molar-refractivity contribution is 5.94. The number of nitrogens with one attached hydrogen (secondary N) is 2. The van der Waals surface area contributed by atoms with Crippen LogP contribution in [0.1, 0.15) is 33.9 Å². The number of carbonyl (C=O) groups is 2. The van der Waals surface area contributed by atoms with Gasteiger partial charge in [-0.15, -0.1) is 0 Å². The summed E-state index contributed by atoms with van der Waals surface area (Å²) >= 11 is 0. The van der Waals surface area contributed by atoms with Crippen LogP contribution >= 0.6 is 0 Å². The van der Waals surface area contributed by atoms with Crippen molar-refractivity contribution in [1.82, 2.24) is 10.7 Å². The van der Waals surface area contributed by atoms with Crippen LogP contribution < -0.4 is 15.5 Å². The Morgan fingerprint density at radius 1 is 0.969 bits per heavy atom.